The van der Waals surface area contributed by atoms with E-state index in [4.69, 9.17) is 16.3 Å². The number of aromatic carboxylic acids is 1. The van der Waals surface area contributed by atoms with Crippen molar-refractivity contribution < 1.29 is 27.4 Å². The number of benzene rings is 3. The van der Waals surface area contributed by atoms with Crippen LogP contribution in [0.5, 0.6) is 5.75 Å². The van der Waals surface area contributed by atoms with E-state index in [9.17, 15) is 22.7 Å². The molecule has 0 atom stereocenters. The van der Waals surface area contributed by atoms with E-state index in [2.05, 4.69) is 4.72 Å². The SMILES string of the molecule is Cc1ccc(S(=O)(=O)NCCc2ccc(OCc3c(F)cccc3Cl)cc2)cc1C(=O)O. The molecule has 0 fully saturated rings. The third kappa shape index (κ3) is 5.85. The van der Waals surface area contributed by atoms with Crippen molar-refractivity contribution in [3.63, 3.8) is 0 Å². The molecule has 3 aromatic rings. The topological polar surface area (TPSA) is 92.7 Å². The summed E-state index contributed by atoms with van der Waals surface area (Å²) in [5.41, 5.74) is 1.56. The highest BCUT2D eigenvalue weighted by Crippen LogP contribution is 2.22. The Morgan fingerprint density at radius 2 is 1.84 bits per heavy atom. The third-order valence-corrected chi connectivity index (χ3v) is 6.64. The van der Waals surface area contributed by atoms with Gasteiger partial charge in [-0.25, -0.2) is 22.3 Å². The molecule has 0 aliphatic heterocycles. The number of carbonyl (C=O) groups is 1. The van der Waals surface area contributed by atoms with Crippen molar-refractivity contribution in [3.05, 3.63) is 93.8 Å². The number of hydrogen-bond donors (Lipinski definition) is 2. The highest BCUT2D eigenvalue weighted by Gasteiger charge is 2.17. The van der Waals surface area contributed by atoms with Crippen LogP contribution in [-0.2, 0) is 23.1 Å². The molecule has 0 amide bonds. The molecule has 0 heterocycles. The second kappa shape index (κ2) is 10.1. The van der Waals surface area contributed by atoms with Gasteiger partial charge in [-0.3, -0.25) is 0 Å². The monoisotopic (exact) mass is 477 g/mol. The van der Waals surface area contributed by atoms with Crippen LogP contribution in [0, 0.1) is 12.7 Å². The van der Waals surface area contributed by atoms with Gasteiger partial charge in [0.2, 0.25) is 10.0 Å². The summed E-state index contributed by atoms with van der Waals surface area (Å²) >= 11 is 5.99. The van der Waals surface area contributed by atoms with Crippen LogP contribution in [0.15, 0.2) is 65.6 Å². The summed E-state index contributed by atoms with van der Waals surface area (Å²) in [5, 5.41) is 9.47. The maximum atomic E-state index is 13.8. The number of aryl methyl sites for hydroxylation is 1. The van der Waals surface area contributed by atoms with Crippen LogP contribution in [-0.4, -0.2) is 26.0 Å². The van der Waals surface area contributed by atoms with Crippen molar-refractivity contribution in [1.82, 2.24) is 4.72 Å². The molecule has 0 unspecified atom stereocenters. The minimum atomic E-state index is -3.84. The summed E-state index contributed by atoms with van der Waals surface area (Å²) in [7, 11) is -3.84. The largest absolute Gasteiger partial charge is 0.489 e. The first-order chi connectivity index (χ1) is 15.2. The Balaban J connectivity index is 1.56. The lowest BCUT2D eigenvalue weighted by molar-refractivity contribution is 0.0696. The van der Waals surface area contributed by atoms with Gasteiger partial charge in [0.05, 0.1) is 15.5 Å². The highest BCUT2D eigenvalue weighted by atomic mass is 35.5. The van der Waals surface area contributed by atoms with Crippen molar-refractivity contribution in [3.8, 4) is 5.75 Å². The average molecular weight is 478 g/mol. The number of rotatable bonds is 9. The van der Waals surface area contributed by atoms with Crippen LogP contribution in [0.2, 0.25) is 5.02 Å². The van der Waals surface area contributed by atoms with E-state index < -0.39 is 21.8 Å². The lowest BCUT2D eigenvalue weighted by atomic mass is 10.1. The van der Waals surface area contributed by atoms with Gasteiger partial charge in [-0.1, -0.05) is 35.9 Å². The Kier molecular flexibility index (Phi) is 7.50. The van der Waals surface area contributed by atoms with Gasteiger partial charge in [-0.2, -0.15) is 0 Å². The second-order valence-corrected chi connectivity index (χ2v) is 9.24. The molecule has 32 heavy (non-hydrogen) atoms. The first-order valence-corrected chi connectivity index (χ1v) is 11.5. The minimum Gasteiger partial charge on any atom is -0.489 e. The van der Waals surface area contributed by atoms with Crippen molar-refractivity contribution in [1.29, 1.82) is 0 Å². The van der Waals surface area contributed by atoms with Crippen molar-refractivity contribution in [2.75, 3.05) is 6.54 Å². The number of ether oxygens (including phenoxy) is 1. The second-order valence-electron chi connectivity index (χ2n) is 7.06. The Hall–Kier alpha value is -2.94. The molecule has 6 nitrogen and oxygen atoms in total. The molecule has 168 valence electrons. The maximum absolute atomic E-state index is 13.8. The molecule has 0 aliphatic carbocycles. The molecule has 0 aromatic heterocycles. The van der Waals surface area contributed by atoms with Crippen LogP contribution < -0.4 is 9.46 Å². The fraction of sp³-hybridized carbons (Fsp3) is 0.174. The van der Waals surface area contributed by atoms with Crippen LogP contribution in [0.3, 0.4) is 0 Å². The fourth-order valence-electron chi connectivity index (χ4n) is 2.99. The molecule has 0 aliphatic rings. The van der Waals surface area contributed by atoms with E-state index in [0.29, 0.717) is 17.7 Å². The molecular formula is C23H21ClFNO5S. The predicted molar refractivity (Wildman–Crippen MR) is 119 cm³/mol. The first-order valence-electron chi connectivity index (χ1n) is 9.65. The van der Waals surface area contributed by atoms with Gasteiger partial charge in [0.15, 0.2) is 0 Å². The Labute approximate surface area is 190 Å². The smallest absolute Gasteiger partial charge is 0.335 e. The first kappa shape index (κ1) is 23.7. The molecule has 3 aromatic carbocycles. The highest BCUT2D eigenvalue weighted by molar-refractivity contribution is 7.89. The molecule has 3 rings (SSSR count). The minimum absolute atomic E-state index is 0.0144. The van der Waals surface area contributed by atoms with Gasteiger partial charge in [0, 0.05) is 12.1 Å². The molecule has 0 saturated heterocycles. The fourth-order valence-corrected chi connectivity index (χ4v) is 4.27. The van der Waals surface area contributed by atoms with E-state index in [1.54, 1.807) is 37.3 Å². The number of carboxylic acids is 1. The lowest BCUT2D eigenvalue weighted by Gasteiger charge is -2.10. The number of nitrogens with one attached hydrogen (secondary N) is 1. The number of hydrogen-bond acceptors (Lipinski definition) is 4. The van der Waals surface area contributed by atoms with Crippen LogP contribution in [0.1, 0.15) is 27.0 Å². The summed E-state index contributed by atoms with van der Waals surface area (Å²) in [6.07, 6.45) is 0.413. The zero-order chi connectivity index (χ0) is 23.3. The van der Waals surface area contributed by atoms with Gasteiger partial charge in [-0.15, -0.1) is 0 Å². The molecule has 0 radical (unpaired) electrons. The zero-order valence-corrected chi connectivity index (χ0v) is 18.7. The van der Waals surface area contributed by atoms with Crippen molar-refractivity contribution in [2.45, 2.75) is 24.8 Å². The van der Waals surface area contributed by atoms with Gasteiger partial charge in [0.25, 0.3) is 0 Å². The summed E-state index contributed by atoms with van der Waals surface area (Å²) in [4.78, 5) is 11.1. The zero-order valence-electron chi connectivity index (χ0n) is 17.1. The number of carboxylic acid groups (broad SMARTS) is 1. The van der Waals surface area contributed by atoms with E-state index in [0.717, 1.165) is 11.6 Å². The van der Waals surface area contributed by atoms with Gasteiger partial charge in [0.1, 0.15) is 18.2 Å². The molecule has 9 heteroatoms. The summed E-state index contributed by atoms with van der Waals surface area (Å²) in [6.45, 7) is 1.72. The third-order valence-electron chi connectivity index (χ3n) is 4.82. The van der Waals surface area contributed by atoms with E-state index >= 15 is 0 Å². The van der Waals surface area contributed by atoms with Crippen LogP contribution in [0.25, 0.3) is 0 Å². The van der Waals surface area contributed by atoms with Crippen molar-refractivity contribution >= 4 is 27.6 Å². The Morgan fingerprint density at radius 1 is 1.12 bits per heavy atom. The molecular weight excluding hydrogens is 457 g/mol. The van der Waals surface area contributed by atoms with E-state index in [-0.39, 0.29) is 34.2 Å². The Bertz CT molecular complexity index is 1210. The van der Waals surface area contributed by atoms with Gasteiger partial charge < -0.3 is 9.84 Å². The van der Waals surface area contributed by atoms with Crippen LogP contribution in [0.4, 0.5) is 4.39 Å². The maximum Gasteiger partial charge on any atom is 0.335 e. The number of sulfonamides is 1. The van der Waals surface area contributed by atoms with Crippen LogP contribution >= 0.6 is 11.6 Å². The lowest BCUT2D eigenvalue weighted by Crippen LogP contribution is -2.26. The molecule has 0 saturated carbocycles. The quantitative estimate of drug-likeness (QED) is 0.470. The molecule has 0 spiro atoms. The molecule has 0 bridgehead atoms. The summed E-state index contributed by atoms with van der Waals surface area (Å²) in [5.74, 6) is -1.10. The van der Waals surface area contributed by atoms with Crippen molar-refractivity contribution in [2.24, 2.45) is 0 Å². The standard InChI is InChI=1S/C23H21ClFNO5S/c1-15-5-10-18(13-19(15)23(27)28)32(29,30)26-12-11-16-6-8-17(9-7-16)31-14-20-21(24)3-2-4-22(20)25/h2-10,13,26H,11-12,14H2,1H3,(H,27,28). The van der Waals surface area contributed by atoms with E-state index in [1.807, 2.05) is 0 Å². The van der Waals surface area contributed by atoms with Gasteiger partial charge >= 0.3 is 5.97 Å². The Morgan fingerprint density at radius 3 is 2.50 bits per heavy atom. The summed E-state index contributed by atoms with van der Waals surface area (Å²) in [6, 6.07) is 15.4. The van der Waals surface area contributed by atoms with Gasteiger partial charge in [-0.05, 0) is 60.9 Å². The summed E-state index contributed by atoms with van der Waals surface area (Å²) < 4.78 is 46.8. The molecule has 2 N–H and O–H groups in total. The number of halogens is 2. The normalized spacial score (nSPS) is 11.3. The van der Waals surface area contributed by atoms with E-state index in [1.165, 1.54) is 24.3 Å². The predicted octanol–water partition coefficient (Wildman–Crippen LogP) is 4.59. The average Bonchev–Trinajstić information content (AvgIpc) is 2.74.